The maximum Gasteiger partial charge on any atom is 0.129 e. The summed E-state index contributed by atoms with van der Waals surface area (Å²) in [5.74, 6) is 0.152. The molecule has 1 N–H and O–H groups in total. The first-order valence-corrected chi connectivity index (χ1v) is 6.97. The van der Waals surface area contributed by atoms with Crippen LogP contribution in [0.4, 0.5) is 4.39 Å². The average Bonchev–Trinajstić information content (AvgIpc) is 2.26. The molecule has 0 aliphatic rings. The van der Waals surface area contributed by atoms with Crippen LogP contribution in [0.25, 0.3) is 0 Å². The minimum Gasteiger partial charge on any atom is -0.309 e. The molecule has 0 heterocycles. The summed E-state index contributed by atoms with van der Waals surface area (Å²) in [7, 11) is -0.863. The summed E-state index contributed by atoms with van der Waals surface area (Å²) < 4.78 is 24.5. The van der Waals surface area contributed by atoms with E-state index in [0.29, 0.717) is 23.4 Å². The van der Waals surface area contributed by atoms with E-state index in [4.69, 9.17) is 5.26 Å². The number of nitrogens with zero attached hydrogens (tertiary/aromatic N) is 1. The van der Waals surface area contributed by atoms with Crippen molar-refractivity contribution < 1.29 is 8.60 Å². The van der Waals surface area contributed by atoms with Crippen LogP contribution >= 0.6 is 0 Å². The Bertz CT molecular complexity index is 456. The van der Waals surface area contributed by atoms with Gasteiger partial charge in [0.15, 0.2) is 0 Å². The molecule has 1 aromatic rings. The Morgan fingerprint density at radius 2 is 2.29 bits per heavy atom. The van der Waals surface area contributed by atoms with Gasteiger partial charge in [0.1, 0.15) is 5.82 Å². The topological polar surface area (TPSA) is 52.9 Å². The van der Waals surface area contributed by atoms with Gasteiger partial charge in [0, 0.05) is 41.0 Å². The van der Waals surface area contributed by atoms with E-state index in [1.165, 1.54) is 6.07 Å². The monoisotopic (exact) mass is 254 g/mol. The highest BCUT2D eigenvalue weighted by Gasteiger charge is 2.07. The Kier molecular flexibility index (Phi) is 5.26. The SMILES string of the molecule is CC(CS(C)=O)NCc1ccc(C#N)cc1F. The second-order valence-corrected chi connectivity index (χ2v) is 5.42. The molecular formula is C12H15FN2OS. The van der Waals surface area contributed by atoms with Gasteiger partial charge in [-0.3, -0.25) is 4.21 Å². The first-order valence-electron chi connectivity index (χ1n) is 5.25. The number of hydrogen-bond acceptors (Lipinski definition) is 3. The zero-order valence-electron chi connectivity index (χ0n) is 9.87. The minimum atomic E-state index is -0.863. The van der Waals surface area contributed by atoms with Gasteiger partial charge < -0.3 is 5.32 Å². The van der Waals surface area contributed by atoms with Gasteiger partial charge in [-0.1, -0.05) is 6.07 Å². The minimum absolute atomic E-state index is 0.0656. The van der Waals surface area contributed by atoms with Crippen molar-refractivity contribution in [3.63, 3.8) is 0 Å². The third-order valence-corrected chi connectivity index (χ3v) is 3.28. The molecule has 0 saturated heterocycles. The molecule has 0 aromatic heterocycles. The molecule has 2 unspecified atom stereocenters. The molecule has 1 aromatic carbocycles. The Balaban J connectivity index is 2.58. The van der Waals surface area contributed by atoms with Crippen molar-refractivity contribution in [3.8, 4) is 6.07 Å². The smallest absolute Gasteiger partial charge is 0.129 e. The fraction of sp³-hybridized carbons (Fsp3) is 0.417. The Morgan fingerprint density at radius 1 is 1.59 bits per heavy atom. The fourth-order valence-corrected chi connectivity index (χ4v) is 2.28. The highest BCUT2D eigenvalue weighted by Crippen LogP contribution is 2.09. The van der Waals surface area contributed by atoms with Crippen LogP contribution in [0, 0.1) is 17.1 Å². The van der Waals surface area contributed by atoms with Crippen LogP contribution in [-0.4, -0.2) is 22.3 Å². The fourth-order valence-electron chi connectivity index (χ4n) is 1.46. The van der Waals surface area contributed by atoms with Crippen LogP contribution in [0.1, 0.15) is 18.1 Å². The maximum atomic E-state index is 13.5. The number of halogens is 1. The molecule has 17 heavy (non-hydrogen) atoms. The Hall–Kier alpha value is -1.25. The normalized spacial score (nSPS) is 14.0. The molecule has 92 valence electrons. The second-order valence-electron chi connectivity index (χ2n) is 3.94. The van der Waals surface area contributed by atoms with Crippen LogP contribution in [-0.2, 0) is 17.3 Å². The van der Waals surface area contributed by atoms with Gasteiger partial charge in [0.05, 0.1) is 11.6 Å². The van der Waals surface area contributed by atoms with E-state index in [1.54, 1.807) is 18.4 Å². The van der Waals surface area contributed by atoms with Gasteiger partial charge in [0.25, 0.3) is 0 Å². The van der Waals surface area contributed by atoms with Gasteiger partial charge in [-0.2, -0.15) is 5.26 Å². The van der Waals surface area contributed by atoms with Crippen LogP contribution in [0.2, 0.25) is 0 Å². The first kappa shape index (κ1) is 13.8. The summed E-state index contributed by atoms with van der Waals surface area (Å²) in [5.41, 5.74) is 0.826. The van der Waals surface area contributed by atoms with Crippen LogP contribution in [0.5, 0.6) is 0 Å². The van der Waals surface area contributed by atoms with E-state index in [9.17, 15) is 8.60 Å². The predicted octanol–water partition coefficient (Wildman–Crippen LogP) is 1.55. The van der Waals surface area contributed by atoms with Crippen molar-refractivity contribution in [2.45, 2.75) is 19.5 Å². The van der Waals surface area contributed by atoms with Crippen molar-refractivity contribution in [2.75, 3.05) is 12.0 Å². The lowest BCUT2D eigenvalue weighted by atomic mass is 10.1. The van der Waals surface area contributed by atoms with Gasteiger partial charge >= 0.3 is 0 Å². The lowest BCUT2D eigenvalue weighted by Gasteiger charge is -2.12. The summed E-state index contributed by atoms with van der Waals surface area (Å²) in [5, 5.41) is 11.7. The first-order chi connectivity index (χ1) is 8.02. The summed E-state index contributed by atoms with van der Waals surface area (Å²) >= 11 is 0. The summed E-state index contributed by atoms with van der Waals surface area (Å²) in [6, 6.07) is 6.35. The summed E-state index contributed by atoms with van der Waals surface area (Å²) in [4.78, 5) is 0. The van der Waals surface area contributed by atoms with Gasteiger partial charge in [-0.25, -0.2) is 4.39 Å². The van der Waals surface area contributed by atoms with E-state index in [2.05, 4.69) is 5.32 Å². The molecule has 0 aliphatic carbocycles. The third kappa shape index (κ3) is 4.63. The number of nitrogens with one attached hydrogen (secondary N) is 1. The number of rotatable bonds is 5. The zero-order chi connectivity index (χ0) is 12.8. The Morgan fingerprint density at radius 3 is 2.82 bits per heavy atom. The largest absolute Gasteiger partial charge is 0.309 e. The van der Waals surface area contributed by atoms with Crippen molar-refractivity contribution in [3.05, 3.63) is 35.1 Å². The lowest BCUT2D eigenvalue weighted by Crippen LogP contribution is -2.30. The maximum absolute atomic E-state index is 13.5. The molecule has 5 heteroatoms. The van der Waals surface area contributed by atoms with Crippen LogP contribution < -0.4 is 5.32 Å². The molecule has 0 spiro atoms. The van der Waals surface area contributed by atoms with Crippen molar-refractivity contribution in [1.82, 2.24) is 5.32 Å². The molecule has 0 bridgehead atoms. The molecule has 0 aliphatic heterocycles. The van der Waals surface area contributed by atoms with E-state index < -0.39 is 10.8 Å². The molecule has 0 radical (unpaired) electrons. The molecule has 3 nitrogen and oxygen atoms in total. The van der Waals surface area contributed by atoms with E-state index >= 15 is 0 Å². The number of hydrogen-bond donors (Lipinski definition) is 1. The van der Waals surface area contributed by atoms with Gasteiger partial charge in [-0.15, -0.1) is 0 Å². The van der Waals surface area contributed by atoms with E-state index in [1.807, 2.05) is 13.0 Å². The molecule has 0 amide bonds. The zero-order valence-corrected chi connectivity index (χ0v) is 10.7. The molecular weight excluding hydrogens is 239 g/mol. The van der Waals surface area contributed by atoms with Gasteiger partial charge in [0.2, 0.25) is 0 Å². The summed E-state index contributed by atoms with van der Waals surface area (Å²) in [6.07, 6.45) is 1.64. The standard InChI is InChI=1S/C12H15FN2OS/c1-9(8-17(2)16)15-7-11-4-3-10(6-14)5-12(11)13/h3-5,9,15H,7-8H2,1-2H3. The molecule has 1 rings (SSSR count). The molecule has 0 fully saturated rings. The highest BCUT2D eigenvalue weighted by atomic mass is 32.2. The molecule has 0 saturated carbocycles. The quantitative estimate of drug-likeness (QED) is 0.867. The van der Waals surface area contributed by atoms with Crippen molar-refractivity contribution >= 4 is 10.8 Å². The molecule has 2 atom stereocenters. The van der Waals surface area contributed by atoms with Crippen LogP contribution in [0.15, 0.2) is 18.2 Å². The lowest BCUT2D eigenvalue weighted by molar-refractivity contribution is 0.553. The predicted molar refractivity (Wildman–Crippen MR) is 66.4 cm³/mol. The van der Waals surface area contributed by atoms with Crippen LogP contribution in [0.3, 0.4) is 0 Å². The number of benzene rings is 1. The van der Waals surface area contributed by atoms with Gasteiger partial charge in [-0.05, 0) is 19.1 Å². The number of nitriles is 1. The van der Waals surface area contributed by atoms with Crippen molar-refractivity contribution in [1.29, 1.82) is 5.26 Å². The Labute approximate surface area is 103 Å². The average molecular weight is 254 g/mol. The summed E-state index contributed by atoms with van der Waals surface area (Å²) in [6.45, 7) is 2.28. The van der Waals surface area contributed by atoms with E-state index in [-0.39, 0.29) is 11.9 Å². The van der Waals surface area contributed by atoms with Crippen molar-refractivity contribution in [2.24, 2.45) is 0 Å². The second kappa shape index (κ2) is 6.48. The highest BCUT2D eigenvalue weighted by molar-refractivity contribution is 7.84. The van der Waals surface area contributed by atoms with E-state index in [0.717, 1.165) is 0 Å². The third-order valence-electron chi connectivity index (χ3n) is 2.31.